The Morgan fingerprint density at radius 2 is 2.29 bits per heavy atom. The summed E-state index contributed by atoms with van der Waals surface area (Å²) in [6.45, 7) is 3.05. The summed E-state index contributed by atoms with van der Waals surface area (Å²) < 4.78 is 5.54. The lowest BCUT2D eigenvalue weighted by Crippen LogP contribution is -2.39. The minimum atomic E-state index is 0.0361. The molecular weight excluding hydrogens is 284 g/mol. The van der Waals surface area contributed by atoms with Crippen LogP contribution in [-0.2, 0) is 4.79 Å². The van der Waals surface area contributed by atoms with Crippen LogP contribution in [0.25, 0.3) is 11.3 Å². The second-order valence-corrected chi connectivity index (χ2v) is 5.82. The third kappa shape index (κ3) is 2.93. The number of nitrogens with zero attached hydrogens (tertiary/aromatic N) is 2. The molecule has 1 aliphatic rings. The van der Waals surface area contributed by atoms with Gasteiger partial charge in [0.2, 0.25) is 0 Å². The monoisotopic (exact) mass is 302 g/mol. The van der Waals surface area contributed by atoms with Crippen molar-refractivity contribution in [3.8, 4) is 17.0 Å². The van der Waals surface area contributed by atoms with Crippen LogP contribution in [0.2, 0.25) is 0 Å². The van der Waals surface area contributed by atoms with E-state index in [1.54, 1.807) is 11.3 Å². The van der Waals surface area contributed by atoms with Crippen molar-refractivity contribution in [1.29, 1.82) is 0 Å². The Kier molecular flexibility index (Phi) is 4.20. The number of hydrogen-bond acceptors (Lipinski definition) is 4. The standard InChI is InChI=1S/C16H18N2O2S/c1-2-3-4-7-18-14-8-12(13-10-21-11-17-13)5-6-15(14)20-9-16(18)19/h5-6,8,10-11H,2-4,7,9H2,1H3. The van der Waals surface area contributed by atoms with Gasteiger partial charge in [-0.2, -0.15) is 0 Å². The normalized spacial score (nSPS) is 14.0. The summed E-state index contributed by atoms with van der Waals surface area (Å²) in [5.41, 5.74) is 4.64. The first-order valence-electron chi connectivity index (χ1n) is 7.25. The zero-order valence-electron chi connectivity index (χ0n) is 12.0. The molecule has 2 heterocycles. The quantitative estimate of drug-likeness (QED) is 0.790. The molecule has 2 aromatic rings. The summed E-state index contributed by atoms with van der Waals surface area (Å²) in [5.74, 6) is 0.819. The molecule has 0 aliphatic carbocycles. The zero-order valence-corrected chi connectivity index (χ0v) is 12.9. The van der Waals surface area contributed by atoms with E-state index in [4.69, 9.17) is 4.74 Å². The van der Waals surface area contributed by atoms with E-state index in [-0.39, 0.29) is 12.5 Å². The SMILES string of the molecule is CCCCCN1C(=O)COc2ccc(-c3cscn3)cc21. The van der Waals surface area contributed by atoms with Gasteiger partial charge in [0.1, 0.15) is 5.75 Å². The molecule has 0 bridgehead atoms. The number of hydrogen-bond donors (Lipinski definition) is 0. The van der Waals surface area contributed by atoms with Crippen LogP contribution >= 0.6 is 11.3 Å². The van der Waals surface area contributed by atoms with Gasteiger partial charge >= 0.3 is 0 Å². The highest BCUT2D eigenvalue weighted by Crippen LogP contribution is 2.36. The van der Waals surface area contributed by atoms with Crippen LogP contribution < -0.4 is 9.64 Å². The van der Waals surface area contributed by atoms with Gasteiger partial charge in [0.25, 0.3) is 5.91 Å². The largest absolute Gasteiger partial charge is 0.482 e. The Balaban J connectivity index is 1.91. The van der Waals surface area contributed by atoms with Crippen molar-refractivity contribution in [3.63, 3.8) is 0 Å². The lowest BCUT2D eigenvalue weighted by atomic mass is 10.1. The Bertz CT molecular complexity index is 625. The first-order valence-corrected chi connectivity index (χ1v) is 8.19. The Morgan fingerprint density at radius 3 is 3.05 bits per heavy atom. The molecule has 0 atom stereocenters. The van der Waals surface area contributed by atoms with Crippen molar-refractivity contribution in [3.05, 3.63) is 29.1 Å². The molecule has 0 fully saturated rings. The van der Waals surface area contributed by atoms with Gasteiger partial charge in [0, 0.05) is 17.5 Å². The van der Waals surface area contributed by atoms with E-state index >= 15 is 0 Å². The van der Waals surface area contributed by atoms with Crippen molar-refractivity contribution in [2.24, 2.45) is 0 Å². The van der Waals surface area contributed by atoms with Crippen LogP contribution in [0, 0.1) is 0 Å². The van der Waals surface area contributed by atoms with Gasteiger partial charge in [-0.1, -0.05) is 19.8 Å². The fraction of sp³-hybridized carbons (Fsp3) is 0.375. The summed E-state index contributed by atoms with van der Waals surface area (Å²) in [6, 6.07) is 5.94. The summed E-state index contributed by atoms with van der Waals surface area (Å²) >= 11 is 1.57. The van der Waals surface area contributed by atoms with Crippen molar-refractivity contribution >= 4 is 22.9 Å². The molecule has 110 valence electrons. The lowest BCUT2D eigenvalue weighted by molar-refractivity contribution is -0.121. The smallest absolute Gasteiger partial charge is 0.265 e. The molecule has 0 spiro atoms. The fourth-order valence-electron chi connectivity index (χ4n) is 2.48. The van der Waals surface area contributed by atoms with Crippen molar-refractivity contribution in [2.45, 2.75) is 26.2 Å². The Labute approximate surface area is 128 Å². The molecule has 0 saturated heterocycles. The number of benzene rings is 1. The average Bonchev–Trinajstić information content (AvgIpc) is 3.03. The highest BCUT2D eigenvalue weighted by molar-refractivity contribution is 7.07. The molecule has 1 amide bonds. The van der Waals surface area contributed by atoms with Crippen LogP contribution in [0.5, 0.6) is 5.75 Å². The predicted octanol–water partition coefficient (Wildman–Crippen LogP) is 3.73. The number of ether oxygens (including phenoxy) is 1. The van der Waals surface area contributed by atoms with Crippen LogP contribution in [0.4, 0.5) is 5.69 Å². The molecule has 1 aromatic heterocycles. The number of anilines is 1. The van der Waals surface area contributed by atoms with Crippen molar-refractivity contribution in [1.82, 2.24) is 4.98 Å². The highest BCUT2D eigenvalue weighted by Gasteiger charge is 2.25. The summed E-state index contributed by atoms with van der Waals surface area (Å²) in [6.07, 6.45) is 3.29. The van der Waals surface area contributed by atoms with Gasteiger partial charge in [-0.15, -0.1) is 11.3 Å². The van der Waals surface area contributed by atoms with Gasteiger partial charge in [0.05, 0.1) is 16.9 Å². The summed E-state index contributed by atoms with van der Waals surface area (Å²) in [4.78, 5) is 18.3. The molecule has 1 aromatic carbocycles. The molecular formula is C16H18N2O2S. The molecule has 5 heteroatoms. The number of fused-ring (bicyclic) bond motifs is 1. The molecule has 0 saturated carbocycles. The van der Waals surface area contributed by atoms with Crippen LogP contribution in [0.3, 0.4) is 0 Å². The first-order chi connectivity index (χ1) is 10.3. The summed E-state index contributed by atoms with van der Waals surface area (Å²) in [5, 5.41) is 2.01. The number of unbranched alkanes of at least 4 members (excludes halogenated alkanes) is 2. The second-order valence-electron chi connectivity index (χ2n) is 5.10. The van der Waals surface area contributed by atoms with Crippen LogP contribution in [-0.4, -0.2) is 24.0 Å². The Morgan fingerprint density at radius 1 is 1.38 bits per heavy atom. The van der Waals surface area contributed by atoms with Crippen molar-refractivity contribution < 1.29 is 9.53 Å². The molecule has 0 unspecified atom stereocenters. The van der Waals surface area contributed by atoms with Gasteiger partial charge in [-0.05, 0) is 24.6 Å². The highest BCUT2D eigenvalue weighted by atomic mass is 32.1. The van der Waals surface area contributed by atoms with E-state index < -0.39 is 0 Å². The van der Waals surface area contributed by atoms with Gasteiger partial charge < -0.3 is 9.64 Å². The number of thiazole rings is 1. The predicted molar refractivity (Wildman–Crippen MR) is 84.9 cm³/mol. The second kappa shape index (κ2) is 6.26. The third-order valence-electron chi connectivity index (χ3n) is 3.62. The van der Waals surface area contributed by atoms with E-state index in [0.29, 0.717) is 0 Å². The number of rotatable bonds is 5. The van der Waals surface area contributed by atoms with Gasteiger partial charge in [0.15, 0.2) is 6.61 Å². The van der Waals surface area contributed by atoms with E-state index in [1.807, 2.05) is 34.0 Å². The summed E-state index contributed by atoms with van der Waals surface area (Å²) in [7, 11) is 0. The van der Waals surface area contributed by atoms with Crippen molar-refractivity contribution in [2.75, 3.05) is 18.1 Å². The minimum Gasteiger partial charge on any atom is -0.482 e. The van der Waals surface area contributed by atoms with Crippen LogP contribution in [0.15, 0.2) is 29.1 Å². The number of carbonyl (C=O) groups is 1. The van der Waals surface area contributed by atoms with E-state index in [1.165, 1.54) is 0 Å². The molecule has 21 heavy (non-hydrogen) atoms. The minimum absolute atomic E-state index is 0.0361. The van der Waals surface area contributed by atoms with E-state index in [2.05, 4.69) is 11.9 Å². The van der Waals surface area contributed by atoms with Gasteiger partial charge in [-0.25, -0.2) is 4.98 Å². The maximum atomic E-state index is 12.1. The van der Waals surface area contributed by atoms with Crippen LogP contribution in [0.1, 0.15) is 26.2 Å². The maximum absolute atomic E-state index is 12.1. The fourth-order valence-corrected chi connectivity index (χ4v) is 3.04. The first kappa shape index (κ1) is 14.1. The Hall–Kier alpha value is -1.88. The number of carbonyl (C=O) groups excluding carboxylic acids is 1. The van der Waals surface area contributed by atoms with Gasteiger partial charge in [-0.3, -0.25) is 4.79 Å². The average molecular weight is 302 g/mol. The molecule has 4 nitrogen and oxygen atoms in total. The third-order valence-corrected chi connectivity index (χ3v) is 4.20. The molecule has 1 aliphatic heterocycles. The number of aromatic nitrogens is 1. The zero-order chi connectivity index (χ0) is 14.7. The van der Waals surface area contributed by atoms with E-state index in [0.717, 1.165) is 48.5 Å². The van der Waals surface area contributed by atoms with E-state index in [9.17, 15) is 4.79 Å². The number of amides is 1. The molecule has 0 N–H and O–H groups in total. The maximum Gasteiger partial charge on any atom is 0.265 e. The molecule has 3 rings (SSSR count). The lowest BCUT2D eigenvalue weighted by Gasteiger charge is -2.29. The topological polar surface area (TPSA) is 42.4 Å². The molecule has 0 radical (unpaired) electrons.